The fraction of sp³-hybridized carbons (Fsp3) is 0.364. The second-order valence-electron chi connectivity index (χ2n) is 7.14. The second-order valence-corrected chi connectivity index (χ2v) is 8.02. The maximum atomic E-state index is 10.9. The van der Waals surface area contributed by atoms with E-state index in [9.17, 15) is 4.79 Å². The van der Waals surface area contributed by atoms with Crippen LogP contribution in [0.15, 0.2) is 41.9 Å². The Morgan fingerprint density at radius 3 is 2.81 bits per heavy atom. The van der Waals surface area contributed by atoms with E-state index in [4.69, 9.17) is 9.84 Å². The Morgan fingerprint density at radius 1 is 1.15 bits per heavy atom. The van der Waals surface area contributed by atoms with Crippen molar-refractivity contribution < 1.29 is 14.6 Å². The van der Waals surface area contributed by atoms with Crippen molar-refractivity contribution in [2.75, 3.05) is 0 Å². The number of carboxylic acids is 1. The Labute approximate surface area is 162 Å². The highest BCUT2D eigenvalue weighted by molar-refractivity contribution is 7.16. The molecule has 1 N–H and O–H groups in total. The van der Waals surface area contributed by atoms with E-state index in [0.29, 0.717) is 6.42 Å². The molecule has 1 aliphatic carbocycles. The number of rotatable bonds is 6. The predicted octanol–water partition coefficient (Wildman–Crippen LogP) is 5.69. The van der Waals surface area contributed by atoms with Crippen molar-refractivity contribution in [2.45, 2.75) is 51.0 Å². The van der Waals surface area contributed by atoms with E-state index in [1.807, 2.05) is 23.7 Å². The lowest BCUT2D eigenvalue weighted by molar-refractivity contribution is -0.136. The molecule has 0 spiro atoms. The van der Waals surface area contributed by atoms with E-state index in [-0.39, 0.29) is 12.5 Å². The minimum Gasteiger partial charge on any atom is -0.490 e. The highest BCUT2D eigenvalue weighted by atomic mass is 32.1. The van der Waals surface area contributed by atoms with E-state index in [2.05, 4.69) is 23.2 Å². The maximum Gasteiger partial charge on any atom is 0.303 e. The lowest BCUT2D eigenvalue weighted by Gasteiger charge is -2.24. The number of thiazole rings is 1. The van der Waals surface area contributed by atoms with E-state index >= 15 is 0 Å². The average Bonchev–Trinajstić information content (AvgIpc) is 3.16. The summed E-state index contributed by atoms with van der Waals surface area (Å²) < 4.78 is 7.53. The minimum atomic E-state index is -0.773. The predicted molar refractivity (Wildman–Crippen MR) is 109 cm³/mol. The highest BCUT2D eigenvalue weighted by Gasteiger charge is 2.18. The van der Waals surface area contributed by atoms with Crippen LogP contribution in [0.3, 0.4) is 0 Å². The highest BCUT2D eigenvalue weighted by Crippen LogP contribution is 2.36. The molecule has 0 atom stereocenters. The third kappa shape index (κ3) is 4.30. The average molecular weight is 381 g/mol. The standard InChI is InChI=1S/C22H23NO3S/c24-22(25)11-7-15-6-10-20(26-17-4-2-1-3-5-17)18(12-15)16-8-9-19-21(13-16)27-14-23-19/h6,8-10,12-14,17H,1-5,7,11H2,(H,24,25). The Balaban J connectivity index is 1.69. The van der Waals surface area contributed by atoms with Crippen LogP contribution >= 0.6 is 11.3 Å². The largest absolute Gasteiger partial charge is 0.490 e. The van der Waals surface area contributed by atoms with Crippen LogP contribution in [-0.2, 0) is 11.2 Å². The van der Waals surface area contributed by atoms with Crippen molar-refractivity contribution in [3.8, 4) is 16.9 Å². The molecule has 4 rings (SSSR count). The SMILES string of the molecule is O=C(O)CCc1ccc(OC2CCCCC2)c(-c2ccc3ncsc3c2)c1. The number of aromatic nitrogens is 1. The quantitative estimate of drug-likeness (QED) is 0.596. The molecule has 140 valence electrons. The number of carbonyl (C=O) groups is 1. The van der Waals surface area contributed by atoms with Gasteiger partial charge in [-0.15, -0.1) is 11.3 Å². The molecule has 0 amide bonds. The van der Waals surface area contributed by atoms with Gasteiger partial charge in [-0.25, -0.2) is 4.98 Å². The molecule has 1 aliphatic rings. The fourth-order valence-corrected chi connectivity index (χ4v) is 4.41. The first-order chi connectivity index (χ1) is 13.2. The number of aliphatic carboxylic acids is 1. The monoisotopic (exact) mass is 381 g/mol. The van der Waals surface area contributed by atoms with E-state index in [1.165, 1.54) is 19.3 Å². The van der Waals surface area contributed by atoms with Gasteiger partial charge < -0.3 is 9.84 Å². The Morgan fingerprint density at radius 2 is 2.00 bits per heavy atom. The number of ether oxygens (including phenoxy) is 1. The van der Waals surface area contributed by atoms with Gasteiger partial charge in [0, 0.05) is 12.0 Å². The Bertz CT molecular complexity index is 944. The van der Waals surface area contributed by atoms with Gasteiger partial charge in [0.25, 0.3) is 0 Å². The smallest absolute Gasteiger partial charge is 0.303 e. The van der Waals surface area contributed by atoms with Crippen LogP contribution < -0.4 is 4.74 Å². The number of aryl methyl sites for hydroxylation is 1. The molecule has 1 saturated carbocycles. The third-order valence-electron chi connectivity index (χ3n) is 5.16. The summed E-state index contributed by atoms with van der Waals surface area (Å²) in [4.78, 5) is 15.3. The van der Waals surface area contributed by atoms with Crippen molar-refractivity contribution >= 4 is 27.5 Å². The lowest BCUT2D eigenvalue weighted by Crippen LogP contribution is -2.20. The first kappa shape index (κ1) is 18.0. The molecule has 4 nitrogen and oxygen atoms in total. The van der Waals surface area contributed by atoms with Crippen molar-refractivity contribution in [2.24, 2.45) is 0 Å². The number of hydrogen-bond donors (Lipinski definition) is 1. The Hall–Kier alpha value is -2.40. The van der Waals surface area contributed by atoms with Crippen LogP contribution in [0, 0.1) is 0 Å². The van der Waals surface area contributed by atoms with Crippen LogP contribution in [0.5, 0.6) is 5.75 Å². The van der Waals surface area contributed by atoms with Crippen LogP contribution in [0.2, 0.25) is 0 Å². The molecule has 0 unspecified atom stereocenters. The number of benzene rings is 2. The molecule has 27 heavy (non-hydrogen) atoms. The van der Waals surface area contributed by atoms with Gasteiger partial charge in [0.15, 0.2) is 0 Å². The zero-order valence-corrected chi connectivity index (χ0v) is 16.0. The summed E-state index contributed by atoms with van der Waals surface area (Å²) in [7, 11) is 0. The maximum absolute atomic E-state index is 10.9. The molecule has 1 heterocycles. The molecule has 0 radical (unpaired) electrons. The fourth-order valence-electron chi connectivity index (χ4n) is 3.70. The minimum absolute atomic E-state index is 0.135. The van der Waals surface area contributed by atoms with E-state index in [0.717, 1.165) is 45.5 Å². The van der Waals surface area contributed by atoms with Crippen LogP contribution in [0.1, 0.15) is 44.1 Å². The third-order valence-corrected chi connectivity index (χ3v) is 5.95. The zero-order chi connectivity index (χ0) is 18.6. The summed E-state index contributed by atoms with van der Waals surface area (Å²) in [6, 6.07) is 12.4. The van der Waals surface area contributed by atoms with Gasteiger partial charge >= 0.3 is 5.97 Å². The van der Waals surface area contributed by atoms with E-state index < -0.39 is 5.97 Å². The molecule has 1 fully saturated rings. The Kier molecular flexibility index (Phi) is 5.39. The van der Waals surface area contributed by atoms with Crippen molar-refractivity contribution in [1.82, 2.24) is 4.98 Å². The first-order valence-electron chi connectivity index (χ1n) is 9.54. The summed E-state index contributed by atoms with van der Waals surface area (Å²) in [5.41, 5.74) is 6.01. The van der Waals surface area contributed by atoms with Crippen LogP contribution in [0.25, 0.3) is 21.3 Å². The topological polar surface area (TPSA) is 59.4 Å². The molecule has 5 heteroatoms. The summed E-state index contributed by atoms with van der Waals surface area (Å²) in [6.45, 7) is 0. The van der Waals surface area contributed by atoms with Gasteiger partial charge in [-0.2, -0.15) is 0 Å². The molecule has 1 aromatic heterocycles. The second kappa shape index (κ2) is 8.09. The van der Waals surface area contributed by atoms with Gasteiger partial charge in [0.1, 0.15) is 5.75 Å². The molecule has 0 bridgehead atoms. The summed E-state index contributed by atoms with van der Waals surface area (Å²) >= 11 is 1.63. The van der Waals surface area contributed by atoms with Crippen molar-refractivity contribution in [1.29, 1.82) is 0 Å². The van der Waals surface area contributed by atoms with Gasteiger partial charge in [0.05, 0.1) is 21.8 Å². The number of fused-ring (bicyclic) bond motifs is 1. The molecular formula is C22H23NO3S. The number of nitrogens with zero attached hydrogens (tertiary/aromatic N) is 1. The van der Waals surface area contributed by atoms with Gasteiger partial charge in [0.2, 0.25) is 0 Å². The normalized spacial score (nSPS) is 15.1. The molecule has 0 aliphatic heterocycles. The molecular weight excluding hydrogens is 358 g/mol. The van der Waals surface area contributed by atoms with Gasteiger partial charge in [-0.3, -0.25) is 4.79 Å². The van der Waals surface area contributed by atoms with Crippen LogP contribution in [-0.4, -0.2) is 22.2 Å². The molecule has 2 aromatic carbocycles. The van der Waals surface area contributed by atoms with Crippen molar-refractivity contribution in [3.05, 3.63) is 47.5 Å². The van der Waals surface area contributed by atoms with Gasteiger partial charge in [-0.1, -0.05) is 18.6 Å². The first-order valence-corrected chi connectivity index (χ1v) is 10.4. The summed E-state index contributed by atoms with van der Waals surface area (Å²) in [5, 5.41) is 9.00. The summed E-state index contributed by atoms with van der Waals surface area (Å²) in [6.07, 6.45) is 6.89. The van der Waals surface area contributed by atoms with Crippen molar-refractivity contribution in [3.63, 3.8) is 0 Å². The summed E-state index contributed by atoms with van der Waals surface area (Å²) in [5.74, 6) is 0.120. The van der Waals surface area contributed by atoms with E-state index in [1.54, 1.807) is 11.3 Å². The number of hydrogen-bond acceptors (Lipinski definition) is 4. The lowest BCUT2D eigenvalue weighted by atomic mass is 9.96. The van der Waals surface area contributed by atoms with Crippen LogP contribution in [0.4, 0.5) is 0 Å². The molecule has 0 saturated heterocycles. The zero-order valence-electron chi connectivity index (χ0n) is 15.2. The molecule has 3 aromatic rings. The number of carboxylic acid groups (broad SMARTS) is 1. The van der Waals surface area contributed by atoms with Gasteiger partial charge in [-0.05, 0) is 67.5 Å².